The zero-order valence-electron chi connectivity index (χ0n) is 38.5. The molecule has 58 heavy (non-hydrogen) atoms. The van der Waals surface area contributed by atoms with Gasteiger partial charge in [0.15, 0.2) is 10.2 Å². The smallest absolute Gasteiger partial charge is 0.190 e. The Morgan fingerprint density at radius 1 is 0.379 bits per heavy atom. The highest BCUT2D eigenvalue weighted by Gasteiger charge is 2.19. The number of carbonyl (C=O) groups is 2. The van der Waals surface area contributed by atoms with Crippen molar-refractivity contribution in [2.45, 2.75) is 245 Å². The van der Waals surface area contributed by atoms with E-state index in [2.05, 4.69) is 37.5 Å². The maximum absolute atomic E-state index is 12.9. The van der Waals surface area contributed by atoms with Crippen LogP contribution in [0.1, 0.15) is 220 Å². The molecule has 0 aliphatic carbocycles. The van der Waals surface area contributed by atoms with Crippen molar-refractivity contribution in [1.82, 2.24) is 9.80 Å². The Bertz CT molecular complexity index is 784. The number of aliphatic hydroxyl groups excluding tert-OH is 4. The minimum atomic E-state index is -0.458. The molecule has 0 aromatic heterocycles. The summed E-state index contributed by atoms with van der Waals surface area (Å²) in [5.41, 5.74) is 0. The van der Waals surface area contributed by atoms with E-state index in [1.54, 1.807) is 0 Å². The largest absolute Gasteiger partial charge is 0.392 e. The highest BCUT2D eigenvalue weighted by molar-refractivity contribution is 8.16. The van der Waals surface area contributed by atoms with Crippen LogP contribution in [0.15, 0.2) is 0 Å². The number of nitrogens with zero attached hydrogens (tertiary/aromatic N) is 2. The molecule has 0 saturated carbocycles. The average Bonchev–Trinajstić information content (AvgIpc) is 3.20. The quantitative estimate of drug-likeness (QED) is 0.0440. The summed E-state index contributed by atoms with van der Waals surface area (Å²) in [6.07, 6.45) is 30.3. The Balaban J connectivity index is 4.82. The molecule has 4 unspecified atom stereocenters. The Morgan fingerprint density at radius 2 is 0.603 bits per heavy atom. The van der Waals surface area contributed by atoms with Gasteiger partial charge in [0, 0.05) is 63.6 Å². The first-order valence-electron chi connectivity index (χ1n) is 24.6. The van der Waals surface area contributed by atoms with Crippen LogP contribution in [0, 0.1) is 0 Å². The molecule has 4 N–H and O–H groups in total. The van der Waals surface area contributed by atoms with Crippen LogP contribution in [-0.4, -0.2) is 116 Å². The lowest BCUT2D eigenvalue weighted by Gasteiger charge is -2.27. The van der Waals surface area contributed by atoms with Crippen LogP contribution in [-0.2, 0) is 9.59 Å². The number of thioether (sulfide) groups is 2. The van der Waals surface area contributed by atoms with Crippen molar-refractivity contribution in [3.8, 4) is 0 Å². The van der Waals surface area contributed by atoms with Crippen molar-refractivity contribution < 1.29 is 30.0 Å². The molecule has 0 aliphatic heterocycles. The van der Waals surface area contributed by atoms with E-state index in [1.165, 1.54) is 126 Å². The van der Waals surface area contributed by atoms with Gasteiger partial charge in [-0.25, -0.2) is 0 Å². The molecular formula is C48H96N2O6S2. The molecule has 0 spiro atoms. The summed E-state index contributed by atoms with van der Waals surface area (Å²) in [6, 6.07) is 0. The van der Waals surface area contributed by atoms with Crippen molar-refractivity contribution in [1.29, 1.82) is 0 Å². The third kappa shape index (κ3) is 39.9. The summed E-state index contributed by atoms with van der Waals surface area (Å²) in [7, 11) is 0. The van der Waals surface area contributed by atoms with E-state index in [-0.39, 0.29) is 10.2 Å². The minimum absolute atomic E-state index is 0.0822. The van der Waals surface area contributed by atoms with Crippen LogP contribution in [0.3, 0.4) is 0 Å². The predicted octanol–water partition coefficient (Wildman–Crippen LogP) is 11.3. The number of hydrogen-bond donors (Lipinski definition) is 4. The summed E-state index contributed by atoms with van der Waals surface area (Å²) in [6.45, 7) is 11.8. The molecule has 10 heteroatoms. The van der Waals surface area contributed by atoms with Gasteiger partial charge < -0.3 is 20.4 Å². The maximum atomic E-state index is 12.9. The first-order valence-corrected chi connectivity index (χ1v) is 26.6. The van der Waals surface area contributed by atoms with Gasteiger partial charge in [-0.05, 0) is 25.7 Å². The zero-order chi connectivity index (χ0) is 42.9. The maximum Gasteiger partial charge on any atom is 0.190 e. The highest BCUT2D eigenvalue weighted by Crippen LogP contribution is 2.17. The van der Waals surface area contributed by atoms with Crippen molar-refractivity contribution in [3.63, 3.8) is 0 Å². The summed E-state index contributed by atoms with van der Waals surface area (Å²) < 4.78 is 0. The van der Waals surface area contributed by atoms with Crippen LogP contribution in [0.25, 0.3) is 0 Å². The fraction of sp³-hybridized carbons (Fsp3) is 0.958. The lowest BCUT2D eigenvalue weighted by Crippen LogP contribution is -2.39. The van der Waals surface area contributed by atoms with Gasteiger partial charge in [-0.2, -0.15) is 0 Å². The van der Waals surface area contributed by atoms with E-state index < -0.39 is 24.4 Å². The summed E-state index contributed by atoms with van der Waals surface area (Å²) in [4.78, 5) is 30.0. The van der Waals surface area contributed by atoms with Crippen molar-refractivity contribution in [3.05, 3.63) is 0 Å². The molecular weight excluding hydrogens is 765 g/mol. The monoisotopic (exact) mass is 861 g/mol. The van der Waals surface area contributed by atoms with E-state index in [0.717, 1.165) is 77.0 Å². The highest BCUT2D eigenvalue weighted by atomic mass is 32.2. The van der Waals surface area contributed by atoms with Gasteiger partial charge in [-0.1, -0.05) is 205 Å². The van der Waals surface area contributed by atoms with E-state index >= 15 is 0 Å². The second-order valence-corrected chi connectivity index (χ2v) is 19.6. The van der Waals surface area contributed by atoms with Gasteiger partial charge >= 0.3 is 0 Å². The van der Waals surface area contributed by atoms with E-state index in [4.69, 9.17) is 0 Å². The number of aliphatic hydroxyl groups is 4. The van der Waals surface area contributed by atoms with Gasteiger partial charge in [0.1, 0.15) is 0 Å². The molecule has 346 valence electrons. The van der Waals surface area contributed by atoms with Crippen molar-refractivity contribution in [2.24, 2.45) is 0 Å². The Labute approximate surface area is 367 Å². The van der Waals surface area contributed by atoms with Crippen LogP contribution >= 0.6 is 23.5 Å². The number of rotatable bonds is 45. The third-order valence-electron chi connectivity index (χ3n) is 11.3. The second kappa shape index (κ2) is 43.4. The topological polar surface area (TPSA) is 122 Å². The standard InChI is InChI=1S/C48H96N2O6S2/c1-5-9-13-17-21-25-29-43(51)39-49(40-44(52)30-26-22-18-14-10-6-2)35-33-47(55)57-37-38-58-48(56)34-36-50(41-45(53)31-27-23-19-15-11-7-3)42-46(54)32-28-24-20-16-12-8-4/h43-46,51-54H,5-42H2,1-4H3. The molecule has 0 aromatic carbocycles. The summed E-state index contributed by atoms with van der Waals surface area (Å²) in [5, 5.41) is 43.5. The SMILES string of the molecule is CCCCCCCCC(O)CN(CCC(=O)SCCSC(=O)CCN(CC(O)CCCCCCCC)CC(O)CCCCCCCC)CC(O)CCCCCCCC. The lowest BCUT2D eigenvalue weighted by atomic mass is 10.1. The molecule has 0 heterocycles. The van der Waals surface area contributed by atoms with E-state index in [1.807, 2.05) is 0 Å². The normalized spacial score (nSPS) is 14.0. The molecule has 4 atom stereocenters. The van der Waals surface area contributed by atoms with Crippen LogP contribution < -0.4 is 0 Å². The Morgan fingerprint density at radius 3 is 0.845 bits per heavy atom. The van der Waals surface area contributed by atoms with Gasteiger partial charge in [-0.3, -0.25) is 19.4 Å². The van der Waals surface area contributed by atoms with Crippen molar-refractivity contribution >= 4 is 33.8 Å². The zero-order valence-corrected chi connectivity index (χ0v) is 40.1. The molecule has 0 amide bonds. The number of carbonyl (C=O) groups excluding carboxylic acids is 2. The lowest BCUT2D eigenvalue weighted by molar-refractivity contribution is -0.112. The van der Waals surface area contributed by atoms with Gasteiger partial charge in [-0.15, -0.1) is 0 Å². The van der Waals surface area contributed by atoms with Gasteiger partial charge in [0.2, 0.25) is 0 Å². The summed E-state index contributed by atoms with van der Waals surface area (Å²) in [5.74, 6) is 1.13. The molecule has 0 aromatic rings. The molecule has 0 saturated heterocycles. The third-order valence-corrected chi connectivity index (χ3v) is 13.4. The molecule has 0 bridgehead atoms. The number of unbranched alkanes of at least 4 members (excludes halogenated alkanes) is 20. The fourth-order valence-corrected chi connectivity index (χ4v) is 9.26. The molecule has 0 rings (SSSR count). The Hall–Kier alpha value is -0.200. The minimum Gasteiger partial charge on any atom is -0.392 e. The predicted molar refractivity (Wildman–Crippen MR) is 253 cm³/mol. The van der Waals surface area contributed by atoms with Crippen LogP contribution in [0.2, 0.25) is 0 Å². The number of hydrogen-bond acceptors (Lipinski definition) is 10. The first kappa shape index (κ1) is 57.8. The fourth-order valence-electron chi connectivity index (χ4n) is 7.67. The van der Waals surface area contributed by atoms with Gasteiger partial charge in [0.25, 0.3) is 0 Å². The Kier molecular flexibility index (Phi) is 43.3. The van der Waals surface area contributed by atoms with E-state index in [9.17, 15) is 30.0 Å². The molecule has 8 nitrogen and oxygen atoms in total. The summed E-state index contributed by atoms with van der Waals surface area (Å²) >= 11 is 2.55. The van der Waals surface area contributed by atoms with Crippen LogP contribution in [0.5, 0.6) is 0 Å². The molecule has 0 aliphatic rings. The second-order valence-electron chi connectivity index (χ2n) is 17.3. The van der Waals surface area contributed by atoms with Gasteiger partial charge in [0.05, 0.1) is 24.4 Å². The molecule has 0 radical (unpaired) electrons. The first-order chi connectivity index (χ1) is 28.1. The van der Waals surface area contributed by atoms with Crippen molar-refractivity contribution in [2.75, 3.05) is 50.8 Å². The van der Waals surface area contributed by atoms with Crippen LogP contribution in [0.4, 0.5) is 0 Å². The molecule has 0 fully saturated rings. The average molecular weight is 861 g/mol. The van der Waals surface area contributed by atoms with E-state index in [0.29, 0.717) is 63.6 Å².